The fourth-order valence-corrected chi connectivity index (χ4v) is 2.62. The number of nitrogens with zero attached hydrogens (tertiary/aromatic N) is 2. The average molecular weight is 271 g/mol. The number of aromatic nitrogens is 1. The van der Waals surface area contributed by atoms with Crippen LogP contribution in [0.3, 0.4) is 0 Å². The van der Waals surface area contributed by atoms with Gasteiger partial charge in [-0.05, 0) is 31.2 Å². The molecule has 2 N–H and O–H groups in total. The molecule has 3 rings (SSSR count). The van der Waals surface area contributed by atoms with Gasteiger partial charge in [0.25, 0.3) is 0 Å². The van der Waals surface area contributed by atoms with E-state index in [-0.39, 0.29) is 6.04 Å². The molecule has 106 valence electrons. The van der Waals surface area contributed by atoms with Crippen molar-refractivity contribution < 1.29 is 4.74 Å². The highest BCUT2D eigenvalue weighted by Gasteiger charge is 2.11. The van der Waals surface area contributed by atoms with Crippen molar-refractivity contribution in [2.45, 2.75) is 19.4 Å². The van der Waals surface area contributed by atoms with Crippen LogP contribution in [0.15, 0.2) is 30.3 Å². The van der Waals surface area contributed by atoms with E-state index in [2.05, 4.69) is 40.2 Å². The Kier molecular flexibility index (Phi) is 3.85. The van der Waals surface area contributed by atoms with Crippen LogP contribution in [0.2, 0.25) is 0 Å². The summed E-state index contributed by atoms with van der Waals surface area (Å²) < 4.78 is 5.40. The first-order valence-electron chi connectivity index (χ1n) is 7.20. The van der Waals surface area contributed by atoms with E-state index in [1.54, 1.807) is 0 Å². The molecule has 2 aromatic rings. The SMILES string of the molecule is CC(N)Cc1ccc2cc(N3CCOCC3)ccc2n1. The van der Waals surface area contributed by atoms with Gasteiger partial charge in [-0.15, -0.1) is 0 Å². The minimum absolute atomic E-state index is 0.146. The summed E-state index contributed by atoms with van der Waals surface area (Å²) in [5, 5.41) is 1.18. The fraction of sp³-hybridized carbons (Fsp3) is 0.438. The number of nitrogens with two attached hydrogens (primary N) is 1. The number of fused-ring (bicyclic) bond motifs is 1. The highest BCUT2D eigenvalue weighted by atomic mass is 16.5. The number of hydrogen-bond donors (Lipinski definition) is 1. The van der Waals surface area contributed by atoms with E-state index in [0.29, 0.717) is 0 Å². The van der Waals surface area contributed by atoms with Crippen LogP contribution in [-0.4, -0.2) is 37.3 Å². The first-order chi connectivity index (χ1) is 9.72. The molecule has 0 spiro atoms. The standard InChI is InChI=1S/C16H21N3O/c1-12(17)10-14-3-2-13-11-15(4-5-16(13)18-14)19-6-8-20-9-7-19/h2-5,11-12H,6-10,17H2,1H3. The second-order valence-electron chi connectivity index (χ2n) is 5.46. The van der Waals surface area contributed by atoms with Gasteiger partial charge in [0.2, 0.25) is 0 Å². The van der Waals surface area contributed by atoms with Crippen molar-refractivity contribution in [1.82, 2.24) is 4.98 Å². The highest BCUT2D eigenvalue weighted by Crippen LogP contribution is 2.22. The van der Waals surface area contributed by atoms with Crippen LogP contribution < -0.4 is 10.6 Å². The van der Waals surface area contributed by atoms with E-state index in [1.165, 1.54) is 11.1 Å². The highest BCUT2D eigenvalue weighted by molar-refractivity contribution is 5.82. The smallest absolute Gasteiger partial charge is 0.0706 e. The van der Waals surface area contributed by atoms with Crippen LogP contribution >= 0.6 is 0 Å². The van der Waals surface area contributed by atoms with Gasteiger partial charge in [0.1, 0.15) is 0 Å². The molecule has 1 aromatic carbocycles. The Morgan fingerprint density at radius 1 is 1.25 bits per heavy atom. The number of hydrogen-bond acceptors (Lipinski definition) is 4. The number of rotatable bonds is 3. The summed E-state index contributed by atoms with van der Waals surface area (Å²) in [6.45, 7) is 5.55. The number of morpholine rings is 1. The molecule has 0 amide bonds. The van der Waals surface area contributed by atoms with E-state index in [0.717, 1.165) is 43.9 Å². The zero-order chi connectivity index (χ0) is 13.9. The molecular formula is C16H21N3O. The molecule has 1 aliphatic rings. The number of anilines is 1. The zero-order valence-electron chi connectivity index (χ0n) is 11.9. The van der Waals surface area contributed by atoms with Crippen molar-refractivity contribution >= 4 is 16.6 Å². The van der Waals surface area contributed by atoms with Crippen LogP contribution in [0, 0.1) is 0 Å². The molecule has 0 aliphatic carbocycles. The van der Waals surface area contributed by atoms with Gasteiger partial charge >= 0.3 is 0 Å². The summed E-state index contributed by atoms with van der Waals surface area (Å²) in [6, 6.07) is 10.8. The molecule has 1 aliphatic heterocycles. The van der Waals surface area contributed by atoms with E-state index in [1.807, 2.05) is 6.92 Å². The molecule has 1 saturated heterocycles. The van der Waals surface area contributed by atoms with Gasteiger partial charge in [-0.3, -0.25) is 4.98 Å². The Morgan fingerprint density at radius 2 is 2.05 bits per heavy atom. The summed E-state index contributed by atoms with van der Waals surface area (Å²) >= 11 is 0. The fourth-order valence-electron chi connectivity index (χ4n) is 2.62. The van der Waals surface area contributed by atoms with E-state index in [4.69, 9.17) is 10.5 Å². The van der Waals surface area contributed by atoms with E-state index >= 15 is 0 Å². The predicted molar refractivity (Wildman–Crippen MR) is 82.1 cm³/mol. The lowest BCUT2D eigenvalue weighted by Gasteiger charge is -2.29. The third kappa shape index (κ3) is 2.92. The van der Waals surface area contributed by atoms with Crippen molar-refractivity contribution in [2.24, 2.45) is 5.73 Å². The number of pyridine rings is 1. The third-order valence-electron chi connectivity index (χ3n) is 3.64. The Labute approximate surface area is 119 Å². The molecule has 1 aromatic heterocycles. The summed E-state index contributed by atoms with van der Waals surface area (Å²) in [7, 11) is 0. The van der Waals surface area contributed by atoms with Gasteiger partial charge in [-0.1, -0.05) is 6.07 Å². The molecule has 1 fully saturated rings. The molecule has 2 heterocycles. The van der Waals surface area contributed by atoms with Gasteiger partial charge in [0, 0.05) is 42.3 Å². The second kappa shape index (κ2) is 5.77. The van der Waals surface area contributed by atoms with E-state index in [9.17, 15) is 0 Å². The normalized spacial score (nSPS) is 17.4. The van der Waals surface area contributed by atoms with Crippen LogP contribution in [-0.2, 0) is 11.2 Å². The molecule has 0 bridgehead atoms. The number of benzene rings is 1. The Bertz CT molecular complexity index is 591. The molecular weight excluding hydrogens is 250 g/mol. The lowest BCUT2D eigenvalue weighted by molar-refractivity contribution is 0.122. The second-order valence-corrected chi connectivity index (χ2v) is 5.46. The molecule has 4 heteroatoms. The van der Waals surface area contributed by atoms with Crippen LogP contribution in [0.25, 0.3) is 10.9 Å². The van der Waals surface area contributed by atoms with Crippen molar-refractivity contribution in [3.8, 4) is 0 Å². The Hall–Kier alpha value is -1.65. The molecule has 1 atom stereocenters. The van der Waals surface area contributed by atoms with Crippen LogP contribution in [0.5, 0.6) is 0 Å². The Morgan fingerprint density at radius 3 is 2.80 bits per heavy atom. The average Bonchev–Trinajstić information content (AvgIpc) is 2.47. The van der Waals surface area contributed by atoms with Gasteiger partial charge in [0.05, 0.1) is 18.7 Å². The van der Waals surface area contributed by atoms with Crippen molar-refractivity contribution in [3.63, 3.8) is 0 Å². The van der Waals surface area contributed by atoms with Gasteiger partial charge in [0.15, 0.2) is 0 Å². The van der Waals surface area contributed by atoms with Crippen molar-refractivity contribution in [2.75, 3.05) is 31.2 Å². The topological polar surface area (TPSA) is 51.4 Å². The minimum Gasteiger partial charge on any atom is -0.378 e. The first-order valence-corrected chi connectivity index (χ1v) is 7.20. The summed E-state index contributed by atoms with van der Waals surface area (Å²) in [4.78, 5) is 7.04. The molecule has 4 nitrogen and oxygen atoms in total. The molecule has 20 heavy (non-hydrogen) atoms. The van der Waals surface area contributed by atoms with Gasteiger partial charge in [-0.2, -0.15) is 0 Å². The summed E-state index contributed by atoms with van der Waals surface area (Å²) in [5.74, 6) is 0. The quantitative estimate of drug-likeness (QED) is 0.927. The molecule has 0 saturated carbocycles. The first kappa shape index (κ1) is 13.3. The van der Waals surface area contributed by atoms with Crippen molar-refractivity contribution in [3.05, 3.63) is 36.0 Å². The van der Waals surface area contributed by atoms with Crippen LogP contribution in [0.4, 0.5) is 5.69 Å². The Balaban J connectivity index is 1.87. The van der Waals surface area contributed by atoms with Crippen LogP contribution in [0.1, 0.15) is 12.6 Å². The minimum atomic E-state index is 0.146. The summed E-state index contributed by atoms with van der Waals surface area (Å²) in [5.41, 5.74) is 9.19. The maximum atomic E-state index is 5.83. The van der Waals surface area contributed by atoms with E-state index < -0.39 is 0 Å². The maximum Gasteiger partial charge on any atom is 0.0706 e. The predicted octanol–water partition coefficient (Wildman–Crippen LogP) is 1.96. The lowest BCUT2D eigenvalue weighted by atomic mass is 10.1. The monoisotopic (exact) mass is 271 g/mol. The maximum absolute atomic E-state index is 5.83. The lowest BCUT2D eigenvalue weighted by Crippen LogP contribution is -2.36. The third-order valence-corrected chi connectivity index (χ3v) is 3.64. The van der Waals surface area contributed by atoms with Crippen molar-refractivity contribution in [1.29, 1.82) is 0 Å². The molecule has 0 radical (unpaired) electrons. The largest absolute Gasteiger partial charge is 0.378 e. The molecule has 1 unspecified atom stereocenters. The summed E-state index contributed by atoms with van der Waals surface area (Å²) in [6.07, 6.45) is 0.821. The number of ether oxygens (including phenoxy) is 1. The van der Waals surface area contributed by atoms with Gasteiger partial charge in [-0.25, -0.2) is 0 Å². The zero-order valence-corrected chi connectivity index (χ0v) is 11.9. The van der Waals surface area contributed by atoms with Gasteiger partial charge < -0.3 is 15.4 Å².